The Morgan fingerprint density at radius 3 is 1.58 bits per heavy atom. The van der Waals surface area contributed by atoms with E-state index in [-0.39, 0.29) is 80.0 Å². The van der Waals surface area contributed by atoms with Gasteiger partial charge in [-0.25, -0.2) is 18.0 Å². The van der Waals surface area contributed by atoms with Crippen LogP contribution >= 0.6 is 11.8 Å². The number of hydrogen-bond acceptors (Lipinski definition) is 20. The fourth-order valence-electron chi connectivity index (χ4n) is 5.76. The smallest absolute Gasteiger partial charge is 0.726 e. The molecule has 0 unspecified atom stereocenters. The minimum Gasteiger partial charge on any atom is -0.726 e. The van der Waals surface area contributed by atoms with Crippen molar-refractivity contribution in [3.8, 4) is 0 Å². The van der Waals surface area contributed by atoms with Crippen LogP contribution < -0.4 is 68.9 Å². The van der Waals surface area contributed by atoms with E-state index in [0.29, 0.717) is 0 Å². The van der Waals surface area contributed by atoms with E-state index in [9.17, 15) is 41.7 Å². The van der Waals surface area contributed by atoms with Crippen LogP contribution in [-0.4, -0.2) is 129 Å². The molecular formula is C35H39CsO19S2. The Hall–Kier alpha value is -2.59. The second-order valence-corrected chi connectivity index (χ2v) is 14.3. The maximum absolute atomic E-state index is 13.4. The average Bonchev–Trinajstić information content (AvgIpc) is 3.13. The van der Waals surface area contributed by atoms with Crippen molar-refractivity contribution in [1.82, 2.24) is 0 Å². The minimum absolute atomic E-state index is 0. The van der Waals surface area contributed by atoms with Crippen molar-refractivity contribution < 1.29 is 157 Å². The predicted molar refractivity (Wildman–Crippen MR) is 186 cm³/mol. The summed E-state index contributed by atoms with van der Waals surface area (Å²) in [6.07, 6.45) is -14.7. The molecule has 2 fully saturated rings. The summed E-state index contributed by atoms with van der Waals surface area (Å²) in [6, 6.07) is 15.0. The van der Waals surface area contributed by atoms with Crippen molar-refractivity contribution in [3.05, 3.63) is 71.8 Å². The fourth-order valence-corrected chi connectivity index (χ4v) is 7.53. The van der Waals surface area contributed by atoms with Crippen LogP contribution in [0.2, 0.25) is 0 Å². The van der Waals surface area contributed by atoms with Gasteiger partial charge in [-0.05, 0) is 24.3 Å². The maximum atomic E-state index is 13.4. The van der Waals surface area contributed by atoms with E-state index >= 15 is 0 Å². The molecule has 0 aromatic heterocycles. The quantitative estimate of drug-likeness (QED) is 0.0850. The summed E-state index contributed by atoms with van der Waals surface area (Å²) in [7, 11) is -4.47. The molecule has 0 N–H and O–H groups in total. The van der Waals surface area contributed by atoms with Gasteiger partial charge in [-0.2, -0.15) is 0 Å². The number of benzene rings is 2. The maximum Gasteiger partial charge on any atom is 1.00 e. The van der Waals surface area contributed by atoms with Gasteiger partial charge >= 0.3 is 105 Å². The summed E-state index contributed by atoms with van der Waals surface area (Å²) in [5.41, 5.74) is -1.34. The molecule has 2 aliphatic rings. The van der Waals surface area contributed by atoms with Crippen LogP contribution in [0, 0.1) is 0 Å². The Kier molecular flexibility index (Phi) is 19.4. The zero-order valence-corrected chi connectivity index (χ0v) is 39.4. The molecule has 306 valence electrons. The molecule has 2 aromatic carbocycles. The molecule has 2 saturated heterocycles. The van der Waals surface area contributed by atoms with Crippen molar-refractivity contribution in [2.24, 2.45) is 0 Å². The number of ether oxygens (including phenoxy) is 9. The first-order valence-corrected chi connectivity index (χ1v) is 19.1. The number of carbonyl (C=O) groups excluding carboxylic acids is 6. The van der Waals surface area contributed by atoms with Crippen LogP contribution in [0.25, 0.3) is 0 Å². The van der Waals surface area contributed by atoms with Crippen LogP contribution in [0.15, 0.2) is 60.7 Å². The third-order valence-corrected chi connectivity index (χ3v) is 9.62. The van der Waals surface area contributed by atoms with Crippen LogP contribution in [0.3, 0.4) is 0 Å². The normalized spacial score (nSPS) is 27.1. The molecule has 0 bridgehead atoms. The van der Waals surface area contributed by atoms with Crippen molar-refractivity contribution in [1.29, 1.82) is 0 Å². The Balaban J connectivity index is 0.00000870. The Morgan fingerprint density at radius 2 is 1.11 bits per heavy atom. The summed E-state index contributed by atoms with van der Waals surface area (Å²) < 4.78 is 92.1. The van der Waals surface area contributed by atoms with Crippen LogP contribution in [0.5, 0.6) is 0 Å². The van der Waals surface area contributed by atoms with E-state index < -0.39 is 119 Å². The molecule has 10 atom stereocenters. The van der Waals surface area contributed by atoms with Crippen molar-refractivity contribution >= 4 is 58.0 Å². The molecule has 0 radical (unpaired) electrons. The monoisotopic (exact) mass is 960 g/mol. The standard InChI is InChI=1S/C35H40O19S2.Cs/c1-18(36)46-16-24-26(47-19(2)37)28(48-20(3)38)31(49-21(4)39)35(51-24)55-17-25-27(54-56(42,43)44)29(52-32(40)22-12-8-6-9-13-22)30(34(45-5)50-25)53-33(41)23-14-10-7-11-15-23;/h6-15,24-31,34-35H,16-17H2,1-5H3,(H,42,43,44);/q;+1/p-1/t24-,25-,26+,27-,28+,29+,30-,31-,34+,35+;/m1./s1. The largest absolute Gasteiger partial charge is 1.00 e. The SMILES string of the molecule is CO[C@H]1O[C@H](CS[C@@H]2O[C@H](COC(C)=O)[C@H](OC(C)=O)[C@H](OC(C)=O)[C@H]2OC(C)=O)[C@@H](OS(=O)(=O)[O-])[C@H](OC(=O)c2ccccc2)[C@H]1OC(=O)c1ccccc1.[Cs+]. The third kappa shape index (κ3) is 14.6. The van der Waals surface area contributed by atoms with Gasteiger partial charge in [0.1, 0.15) is 30.4 Å². The number of esters is 6. The van der Waals surface area contributed by atoms with Crippen LogP contribution in [-0.2, 0) is 76.4 Å². The summed E-state index contributed by atoms with van der Waals surface area (Å²) in [4.78, 5) is 75.2. The molecule has 0 spiro atoms. The first-order chi connectivity index (χ1) is 26.5. The zero-order chi connectivity index (χ0) is 41.2. The number of methoxy groups -OCH3 is 1. The Bertz CT molecular complexity index is 1810. The molecule has 2 heterocycles. The fraction of sp³-hybridized carbons (Fsp3) is 0.486. The van der Waals surface area contributed by atoms with E-state index in [4.69, 9.17) is 46.8 Å². The molecule has 22 heteroatoms. The van der Waals surface area contributed by atoms with E-state index in [1.807, 2.05) is 0 Å². The molecule has 19 nitrogen and oxygen atoms in total. The average molecular weight is 961 g/mol. The van der Waals surface area contributed by atoms with E-state index in [2.05, 4.69) is 0 Å². The molecular weight excluding hydrogens is 921 g/mol. The summed E-state index contributed by atoms with van der Waals surface area (Å²) >= 11 is 0.738. The number of thioether (sulfide) groups is 1. The van der Waals surface area contributed by atoms with Crippen molar-refractivity contribution in [2.75, 3.05) is 19.5 Å². The first-order valence-electron chi connectivity index (χ1n) is 16.7. The number of rotatable bonds is 15. The second kappa shape index (κ2) is 22.7. The van der Waals surface area contributed by atoms with Gasteiger partial charge in [-0.3, -0.25) is 23.4 Å². The van der Waals surface area contributed by atoms with Gasteiger partial charge in [0.2, 0.25) is 10.4 Å². The summed E-state index contributed by atoms with van der Waals surface area (Å²) in [6.45, 7) is 3.70. The van der Waals surface area contributed by atoms with E-state index in [0.717, 1.165) is 46.6 Å². The van der Waals surface area contributed by atoms with Gasteiger partial charge in [0, 0.05) is 40.6 Å². The summed E-state index contributed by atoms with van der Waals surface area (Å²) in [5.74, 6) is -5.81. The number of hydrogen-bond donors (Lipinski definition) is 0. The van der Waals surface area contributed by atoms with Crippen molar-refractivity contribution in [3.63, 3.8) is 0 Å². The predicted octanol–water partition coefficient (Wildman–Crippen LogP) is -1.53. The van der Waals surface area contributed by atoms with Gasteiger partial charge in [0.15, 0.2) is 36.8 Å². The van der Waals surface area contributed by atoms with Crippen LogP contribution in [0.1, 0.15) is 48.4 Å². The Labute approximate surface area is 390 Å². The van der Waals surface area contributed by atoms with E-state index in [1.165, 1.54) is 36.4 Å². The molecule has 0 aliphatic carbocycles. The molecule has 2 aromatic rings. The van der Waals surface area contributed by atoms with Gasteiger partial charge in [-0.1, -0.05) is 36.4 Å². The molecule has 0 saturated carbocycles. The van der Waals surface area contributed by atoms with Gasteiger partial charge < -0.3 is 47.2 Å². The van der Waals surface area contributed by atoms with Gasteiger partial charge in [0.25, 0.3) is 0 Å². The second-order valence-electron chi connectivity index (χ2n) is 12.1. The minimum atomic E-state index is -5.62. The Morgan fingerprint density at radius 1 is 0.632 bits per heavy atom. The molecule has 57 heavy (non-hydrogen) atoms. The summed E-state index contributed by atoms with van der Waals surface area (Å²) in [5, 5.41) is 0. The molecule has 0 amide bonds. The van der Waals surface area contributed by atoms with Crippen molar-refractivity contribution in [2.45, 2.75) is 88.3 Å². The van der Waals surface area contributed by atoms with Crippen LogP contribution in [0.4, 0.5) is 0 Å². The van der Waals surface area contributed by atoms with Gasteiger partial charge in [-0.15, -0.1) is 11.8 Å². The first kappa shape index (κ1) is 48.8. The third-order valence-electron chi connectivity index (χ3n) is 7.93. The van der Waals surface area contributed by atoms with Gasteiger partial charge in [0.05, 0.1) is 11.1 Å². The zero-order valence-electron chi connectivity index (χ0n) is 31.5. The topological polar surface area (TPSA) is 252 Å². The molecule has 4 rings (SSSR count). The van der Waals surface area contributed by atoms with E-state index in [1.54, 1.807) is 24.3 Å². The number of carbonyl (C=O) groups is 6. The molecule has 2 aliphatic heterocycles.